The number of hydrogen-bond donors (Lipinski definition) is 1. The molecule has 25 heavy (non-hydrogen) atoms. The second-order valence-corrected chi connectivity index (χ2v) is 7.00. The van der Waals surface area contributed by atoms with Crippen LogP contribution in [0.2, 0.25) is 0 Å². The zero-order valence-electron chi connectivity index (χ0n) is 14.5. The molecule has 5 nitrogen and oxygen atoms in total. The lowest BCUT2D eigenvalue weighted by Crippen LogP contribution is -2.43. The van der Waals surface area contributed by atoms with Crippen molar-refractivity contribution in [1.29, 1.82) is 0 Å². The van der Waals surface area contributed by atoms with Crippen LogP contribution in [0.25, 0.3) is 0 Å². The van der Waals surface area contributed by atoms with Gasteiger partial charge in [0.2, 0.25) is 5.91 Å². The van der Waals surface area contributed by atoms with Crippen LogP contribution in [0.5, 0.6) is 0 Å². The maximum Gasteiger partial charge on any atom is 0.409 e. The molecular weight excluding hydrogens is 343 g/mol. The second kappa shape index (κ2) is 10.3. The van der Waals surface area contributed by atoms with Crippen LogP contribution < -0.4 is 5.32 Å². The number of thioether (sulfide) groups is 1. The van der Waals surface area contributed by atoms with Gasteiger partial charge in [0, 0.05) is 37.1 Å². The standard InChI is InChI=1S/C18H25FN2O3S/c1-2-24-18(23)21-10-7-14(8-11-21)17(22)20-9-12-25-13-15-5-3-4-6-16(15)19/h3-6,14H,2,7-13H2,1H3,(H,20,22). The third-order valence-corrected chi connectivity index (χ3v) is 5.16. The fourth-order valence-corrected chi connectivity index (χ4v) is 3.57. The topological polar surface area (TPSA) is 58.6 Å². The van der Waals surface area contributed by atoms with Gasteiger partial charge in [0.25, 0.3) is 0 Å². The number of ether oxygens (including phenoxy) is 1. The fraction of sp³-hybridized carbons (Fsp3) is 0.556. The number of likely N-dealkylation sites (tertiary alicyclic amines) is 1. The number of carbonyl (C=O) groups is 2. The highest BCUT2D eigenvalue weighted by Gasteiger charge is 2.27. The molecule has 0 radical (unpaired) electrons. The third-order valence-electron chi connectivity index (χ3n) is 4.15. The molecule has 0 unspecified atom stereocenters. The molecule has 1 saturated heterocycles. The molecule has 0 bridgehead atoms. The van der Waals surface area contributed by atoms with E-state index in [0.717, 1.165) is 5.75 Å². The van der Waals surface area contributed by atoms with Crippen molar-refractivity contribution in [3.05, 3.63) is 35.6 Å². The normalized spacial score (nSPS) is 15.0. The molecular formula is C18H25FN2O3S. The van der Waals surface area contributed by atoms with Crippen LogP contribution in [0.3, 0.4) is 0 Å². The van der Waals surface area contributed by atoms with E-state index in [1.165, 1.54) is 6.07 Å². The SMILES string of the molecule is CCOC(=O)N1CCC(C(=O)NCCSCc2ccccc2F)CC1. The average Bonchev–Trinajstić information content (AvgIpc) is 2.63. The Labute approximate surface area is 152 Å². The van der Waals surface area contributed by atoms with Crippen LogP contribution in [0, 0.1) is 11.7 Å². The minimum Gasteiger partial charge on any atom is -0.450 e. The quantitative estimate of drug-likeness (QED) is 0.752. The van der Waals surface area contributed by atoms with Crippen molar-refractivity contribution in [2.75, 3.05) is 32.0 Å². The van der Waals surface area contributed by atoms with Crippen molar-refractivity contribution in [1.82, 2.24) is 10.2 Å². The summed E-state index contributed by atoms with van der Waals surface area (Å²) >= 11 is 1.59. The molecule has 138 valence electrons. The maximum absolute atomic E-state index is 13.5. The van der Waals surface area contributed by atoms with Crippen molar-refractivity contribution in [2.24, 2.45) is 5.92 Å². The molecule has 1 aromatic carbocycles. The number of piperidine rings is 1. The van der Waals surface area contributed by atoms with Crippen LogP contribution in [-0.4, -0.2) is 48.9 Å². The van der Waals surface area contributed by atoms with Crippen molar-refractivity contribution in [3.63, 3.8) is 0 Å². The zero-order chi connectivity index (χ0) is 18.1. The molecule has 1 aliphatic rings. The molecule has 1 heterocycles. The van der Waals surface area contributed by atoms with Gasteiger partial charge in [-0.15, -0.1) is 0 Å². The summed E-state index contributed by atoms with van der Waals surface area (Å²) in [5, 5.41) is 2.93. The Kier molecular flexibility index (Phi) is 8.04. The largest absolute Gasteiger partial charge is 0.450 e. The van der Waals surface area contributed by atoms with Crippen LogP contribution in [0.15, 0.2) is 24.3 Å². The molecule has 0 spiro atoms. The van der Waals surface area contributed by atoms with E-state index in [1.54, 1.807) is 35.7 Å². The Balaban J connectivity index is 1.60. The predicted octanol–water partition coefficient (Wildman–Crippen LogP) is 3.04. The van der Waals surface area contributed by atoms with Gasteiger partial charge in [-0.25, -0.2) is 9.18 Å². The molecule has 0 saturated carbocycles. The minimum absolute atomic E-state index is 0.0370. The van der Waals surface area contributed by atoms with E-state index in [4.69, 9.17) is 4.74 Å². The van der Waals surface area contributed by atoms with Crippen molar-refractivity contribution >= 4 is 23.8 Å². The van der Waals surface area contributed by atoms with Gasteiger partial charge in [0.05, 0.1) is 6.61 Å². The van der Waals surface area contributed by atoms with Gasteiger partial charge < -0.3 is 15.0 Å². The molecule has 0 aliphatic carbocycles. The Morgan fingerprint density at radius 1 is 1.32 bits per heavy atom. The number of halogens is 1. The highest BCUT2D eigenvalue weighted by atomic mass is 32.2. The first-order valence-corrected chi connectivity index (χ1v) is 9.77. The summed E-state index contributed by atoms with van der Waals surface area (Å²) in [5.74, 6) is 1.13. The molecule has 2 rings (SSSR count). The molecule has 1 aromatic rings. The number of nitrogens with one attached hydrogen (secondary N) is 1. The van der Waals surface area contributed by atoms with E-state index < -0.39 is 0 Å². The minimum atomic E-state index is -0.300. The van der Waals surface area contributed by atoms with Crippen LogP contribution >= 0.6 is 11.8 Å². The smallest absolute Gasteiger partial charge is 0.409 e. The fourth-order valence-electron chi connectivity index (χ4n) is 2.73. The summed E-state index contributed by atoms with van der Waals surface area (Å²) in [6.45, 7) is 3.82. The van der Waals surface area contributed by atoms with E-state index in [9.17, 15) is 14.0 Å². The number of rotatable bonds is 7. The van der Waals surface area contributed by atoms with Gasteiger partial charge in [-0.3, -0.25) is 4.79 Å². The summed E-state index contributed by atoms with van der Waals surface area (Å²) in [6.07, 6.45) is 1.02. The molecule has 0 atom stereocenters. The van der Waals surface area contributed by atoms with Crippen molar-refractivity contribution < 1.29 is 18.7 Å². The van der Waals surface area contributed by atoms with E-state index in [1.807, 2.05) is 6.07 Å². The van der Waals surface area contributed by atoms with Crippen LogP contribution in [0.1, 0.15) is 25.3 Å². The lowest BCUT2D eigenvalue weighted by atomic mass is 9.96. The van der Waals surface area contributed by atoms with Gasteiger partial charge in [-0.05, 0) is 31.4 Å². The van der Waals surface area contributed by atoms with E-state index in [2.05, 4.69) is 5.32 Å². The molecule has 1 fully saturated rings. The van der Waals surface area contributed by atoms with E-state index >= 15 is 0 Å². The van der Waals surface area contributed by atoms with Gasteiger partial charge >= 0.3 is 6.09 Å². The van der Waals surface area contributed by atoms with E-state index in [-0.39, 0.29) is 23.7 Å². The molecule has 1 aliphatic heterocycles. The Morgan fingerprint density at radius 3 is 2.72 bits per heavy atom. The predicted molar refractivity (Wildman–Crippen MR) is 96.9 cm³/mol. The van der Waals surface area contributed by atoms with E-state index in [0.29, 0.717) is 50.4 Å². The molecule has 0 aromatic heterocycles. The highest BCUT2D eigenvalue weighted by molar-refractivity contribution is 7.98. The van der Waals surface area contributed by atoms with Gasteiger partial charge in [-0.1, -0.05) is 18.2 Å². The number of amides is 2. The van der Waals surface area contributed by atoms with Gasteiger partial charge in [0.1, 0.15) is 5.82 Å². The monoisotopic (exact) mass is 368 g/mol. The van der Waals surface area contributed by atoms with Gasteiger partial charge in [-0.2, -0.15) is 11.8 Å². The summed E-state index contributed by atoms with van der Waals surface area (Å²) < 4.78 is 18.5. The first-order valence-electron chi connectivity index (χ1n) is 8.62. The lowest BCUT2D eigenvalue weighted by Gasteiger charge is -2.30. The summed E-state index contributed by atoms with van der Waals surface area (Å²) in [7, 11) is 0. The second-order valence-electron chi connectivity index (χ2n) is 5.90. The molecule has 1 N–H and O–H groups in total. The van der Waals surface area contributed by atoms with Crippen molar-refractivity contribution in [3.8, 4) is 0 Å². The number of hydrogen-bond acceptors (Lipinski definition) is 4. The molecule has 2 amide bonds. The lowest BCUT2D eigenvalue weighted by molar-refractivity contribution is -0.126. The summed E-state index contributed by atoms with van der Waals surface area (Å²) in [5.41, 5.74) is 0.685. The highest BCUT2D eigenvalue weighted by Crippen LogP contribution is 2.18. The Hall–Kier alpha value is -1.76. The number of benzene rings is 1. The van der Waals surface area contributed by atoms with Crippen LogP contribution in [-0.2, 0) is 15.3 Å². The first kappa shape index (κ1) is 19.6. The van der Waals surface area contributed by atoms with Crippen molar-refractivity contribution in [2.45, 2.75) is 25.5 Å². The first-order chi connectivity index (χ1) is 12.1. The Morgan fingerprint density at radius 2 is 2.04 bits per heavy atom. The zero-order valence-corrected chi connectivity index (χ0v) is 15.3. The average molecular weight is 368 g/mol. The number of carbonyl (C=O) groups excluding carboxylic acids is 2. The van der Waals surface area contributed by atoms with Crippen LogP contribution in [0.4, 0.5) is 9.18 Å². The summed E-state index contributed by atoms with van der Waals surface area (Å²) in [6, 6.07) is 6.74. The summed E-state index contributed by atoms with van der Waals surface area (Å²) in [4.78, 5) is 25.5. The Bertz CT molecular complexity index is 577. The molecule has 7 heteroatoms. The third kappa shape index (κ3) is 6.23. The number of nitrogens with zero attached hydrogens (tertiary/aromatic N) is 1. The maximum atomic E-state index is 13.5. The van der Waals surface area contributed by atoms with Gasteiger partial charge in [0.15, 0.2) is 0 Å².